The van der Waals surface area contributed by atoms with E-state index in [-0.39, 0.29) is 12.1 Å². The van der Waals surface area contributed by atoms with Crippen molar-refractivity contribution in [2.24, 2.45) is 11.8 Å². The lowest BCUT2D eigenvalue weighted by Gasteiger charge is -2.40. The molecule has 0 aromatic carbocycles. The van der Waals surface area contributed by atoms with Crippen LogP contribution in [0.4, 0.5) is 5.95 Å². The summed E-state index contributed by atoms with van der Waals surface area (Å²) in [5.41, 5.74) is 2.98. The summed E-state index contributed by atoms with van der Waals surface area (Å²) in [6.45, 7) is 8.99. The minimum absolute atomic E-state index is 0.107. The van der Waals surface area contributed by atoms with Crippen molar-refractivity contribution >= 4 is 28.7 Å². The first-order chi connectivity index (χ1) is 18.5. The van der Waals surface area contributed by atoms with E-state index in [1.807, 2.05) is 6.07 Å². The molecule has 1 saturated heterocycles. The minimum atomic E-state index is 0.107. The van der Waals surface area contributed by atoms with E-state index < -0.39 is 0 Å². The van der Waals surface area contributed by atoms with Gasteiger partial charge in [0.2, 0.25) is 24.0 Å². The molecule has 6 rings (SSSR count). The van der Waals surface area contributed by atoms with Gasteiger partial charge in [-0.3, -0.25) is 4.98 Å². The molecule has 2 aliphatic rings. The number of imidazole rings is 1. The Morgan fingerprint density at radius 3 is 2.63 bits per heavy atom. The molecule has 10 nitrogen and oxygen atoms in total. The molecule has 38 heavy (non-hydrogen) atoms. The molecule has 0 N–H and O–H groups in total. The summed E-state index contributed by atoms with van der Waals surface area (Å²) in [7, 11) is 0. The fourth-order valence-corrected chi connectivity index (χ4v) is 6.14. The highest BCUT2D eigenvalue weighted by Crippen LogP contribution is 2.37. The molecule has 0 unspecified atom stereocenters. The smallest absolute Gasteiger partial charge is 0.240 e. The third kappa shape index (κ3) is 4.75. The summed E-state index contributed by atoms with van der Waals surface area (Å²) < 4.78 is 13.4. The maximum absolute atomic E-state index is 6.39. The molecule has 4 aromatic heterocycles. The lowest BCUT2D eigenvalue weighted by Crippen LogP contribution is -2.51. The lowest BCUT2D eigenvalue weighted by atomic mass is 9.83. The van der Waals surface area contributed by atoms with Gasteiger partial charge < -0.3 is 18.7 Å². The van der Waals surface area contributed by atoms with E-state index in [9.17, 15) is 0 Å². The molecular formula is C27H33ClN8O2. The molecule has 200 valence electrons. The number of aromatic nitrogens is 7. The number of morpholine rings is 1. The molecule has 1 aliphatic heterocycles. The Morgan fingerprint density at radius 2 is 1.89 bits per heavy atom. The molecule has 2 fully saturated rings. The van der Waals surface area contributed by atoms with E-state index >= 15 is 0 Å². The standard InChI is InChI=1S/C27H33ClN8O2/c1-4-21-17(3)37-10-9-35(21)27-33-24-23(36(27)14-18-7-5-16(2)6-8-18)22(19-11-20(28)13-29-12-19)31-26(32-24)25-30-15-38-34-25/h11-13,15-18,21H,4-10,14H2,1-3H3/t16?,17-,18?,21-/m1/s1. The summed E-state index contributed by atoms with van der Waals surface area (Å²) in [5.74, 6) is 2.92. The molecule has 4 aromatic rings. The summed E-state index contributed by atoms with van der Waals surface area (Å²) in [6.07, 6.45) is 10.6. The van der Waals surface area contributed by atoms with E-state index in [4.69, 9.17) is 35.8 Å². The second kappa shape index (κ2) is 10.6. The van der Waals surface area contributed by atoms with Gasteiger partial charge >= 0.3 is 0 Å². The maximum Gasteiger partial charge on any atom is 0.240 e. The Morgan fingerprint density at radius 1 is 1.05 bits per heavy atom. The van der Waals surface area contributed by atoms with Gasteiger partial charge in [-0.05, 0) is 44.1 Å². The number of fused-ring (bicyclic) bond motifs is 1. The lowest BCUT2D eigenvalue weighted by molar-refractivity contribution is 0.0217. The fourth-order valence-electron chi connectivity index (χ4n) is 5.97. The Hall–Kier alpha value is -3.11. The highest BCUT2D eigenvalue weighted by atomic mass is 35.5. The van der Waals surface area contributed by atoms with Crippen LogP contribution in [0.15, 0.2) is 29.4 Å². The molecule has 11 heteroatoms. The molecule has 0 amide bonds. The van der Waals surface area contributed by atoms with Crippen LogP contribution in [0.3, 0.4) is 0 Å². The van der Waals surface area contributed by atoms with Gasteiger partial charge in [-0.15, -0.1) is 0 Å². The molecule has 1 saturated carbocycles. The van der Waals surface area contributed by atoms with Crippen molar-refractivity contribution in [3.8, 4) is 22.9 Å². The van der Waals surface area contributed by atoms with Crippen molar-refractivity contribution in [3.05, 3.63) is 29.9 Å². The largest absolute Gasteiger partial charge is 0.375 e. The van der Waals surface area contributed by atoms with Crippen LogP contribution in [0.2, 0.25) is 5.02 Å². The zero-order valence-electron chi connectivity index (χ0n) is 22.0. The van der Waals surface area contributed by atoms with Crippen molar-refractivity contribution in [2.75, 3.05) is 18.1 Å². The van der Waals surface area contributed by atoms with Crippen LogP contribution in [0, 0.1) is 11.8 Å². The Labute approximate surface area is 226 Å². The van der Waals surface area contributed by atoms with Crippen LogP contribution >= 0.6 is 11.6 Å². The van der Waals surface area contributed by atoms with Gasteiger partial charge in [-0.25, -0.2) is 9.97 Å². The molecular weight excluding hydrogens is 504 g/mol. The SMILES string of the molecule is CC[C@@H]1[C@@H](C)OCCN1c1nc2nc(-c3ncon3)nc(-c3cncc(Cl)c3)c2n1CC1CCC(C)CC1. The van der Waals surface area contributed by atoms with Gasteiger partial charge in [0.1, 0.15) is 11.2 Å². The normalized spacial score (nSPS) is 24.3. The van der Waals surface area contributed by atoms with E-state index in [0.717, 1.165) is 42.5 Å². The zero-order chi connectivity index (χ0) is 26.2. The van der Waals surface area contributed by atoms with Crippen LogP contribution in [-0.2, 0) is 11.3 Å². The molecule has 2 atom stereocenters. The zero-order valence-corrected chi connectivity index (χ0v) is 22.8. The average molecular weight is 537 g/mol. The molecule has 0 bridgehead atoms. The number of nitrogens with zero attached hydrogens (tertiary/aromatic N) is 8. The van der Waals surface area contributed by atoms with Gasteiger partial charge in [0.05, 0.1) is 23.8 Å². The van der Waals surface area contributed by atoms with Gasteiger partial charge in [-0.1, -0.05) is 43.4 Å². The van der Waals surface area contributed by atoms with E-state index in [1.165, 1.54) is 32.1 Å². The predicted octanol–water partition coefficient (Wildman–Crippen LogP) is 5.42. The minimum Gasteiger partial charge on any atom is -0.375 e. The third-order valence-electron chi connectivity index (χ3n) is 8.03. The fraction of sp³-hybridized carbons (Fsp3) is 0.556. The number of ether oxygens (including phenoxy) is 1. The van der Waals surface area contributed by atoms with Gasteiger partial charge in [0.25, 0.3) is 0 Å². The first-order valence-electron chi connectivity index (χ1n) is 13.6. The van der Waals surface area contributed by atoms with Crippen LogP contribution in [0.1, 0.15) is 52.9 Å². The topological polar surface area (TPSA) is 108 Å². The monoisotopic (exact) mass is 536 g/mol. The van der Waals surface area contributed by atoms with Crippen molar-refractivity contribution in [1.82, 2.24) is 34.6 Å². The van der Waals surface area contributed by atoms with Crippen LogP contribution < -0.4 is 4.90 Å². The van der Waals surface area contributed by atoms with Crippen molar-refractivity contribution in [1.29, 1.82) is 0 Å². The first kappa shape index (κ1) is 25.2. The second-order valence-electron chi connectivity index (χ2n) is 10.6. The maximum atomic E-state index is 6.39. The number of pyridine rings is 1. The van der Waals surface area contributed by atoms with Crippen LogP contribution in [0.5, 0.6) is 0 Å². The van der Waals surface area contributed by atoms with Crippen molar-refractivity contribution in [3.63, 3.8) is 0 Å². The second-order valence-corrected chi connectivity index (χ2v) is 11.0. The number of anilines is 1. The van der Waals surface area contributed by atoms with Crippen molar-refractivity contribution in [2.45, 2.75) is 71.6 Å². The summed E-state index contributed by atoms with van der Waals surface area (Å²) in [6, 6.07) is 2.09. The Kier molecular flexibility index (Phi) is 7.01. The third-order valence-corrected chi connectivity index (χ3v) is 8.24. The average Bonchev–Trinajstić information content (AvgIpc) is 3.58. The van der Waals surface area contributed by atoms with E-state index in [0.29, 0.717) is 40.5 Å². The highest BCUT2D eigenvalue weighted by Gasteiger charge is 2.34. The van der Waals surface area contributed by atoms with E-state index in [1.54, 1.807) is 12.4 Å². The Bertz CT molecular complexity index is 1400. The summed E-state index contributed by atoms with van der Waals surface area (Å²) in [5, 5.41) is 4.52. The number of hydrogen-bond donors (Lipinski definition) is 0. The van der Waals surface area contributed by atoms with Crippen LogP contribution in [-0.4, -0.2) is 59.9 Å². The number of rotatable bonds is 6. The van der Waals surface area contributed by atoms with Gasteiger partial charge in [0, 0.05) is 31.0 Å². The Balaban J connectivity index is 1.57. The van der Waals surface area contributed by atoms with E-state index in [2.05, 4.69) is 45.4 Å². The summed E-state index contributed by atoms with van der Waals surface area (Å²) in [4.78, 5) is 25.9. The first-order valence-corrected chi connectivity index (χ1v) is 13.9. The van der Waals surface area contributed by atoms with Crippen LogP contribution in [0.25, 0.3) is 34.1 Å². The number of halogens is 1. The quantitative estimate of drug-likeness (QED) is 0.319. The van der Waals surface area contributed by atoms with Gasteiger partial charge in [0.15, 0.2) is 5.65 Å². The summed E-state index contributed by atoms with van der Waals surface area (Å²) >= 11 is 6.39. The van der Waals surface area contributed by atoms with Crippen molar-refractivity contribution < 1.29 is 9.26 Å². The molecule has 5 heterocycles. The number of hydrogen-bond acceptors (Lipinski definition) is 9. The highest BCUT2D eigenvalue weighted by molar-refractivity contribution is 6.30. The predicted molar refractivity (Wildman–Crippen MR) is 145 cm³/mol. The molecule has 0 radical (unpaired) electrons. The molecule has 1 aliphatic carbocycles. The molecule has 0 spiro atoms. The van der Waals surface area contributed by atoms with Gasteiger partial charge in [-0.2, -0.15) is 9.97 Å².